The number of allylic oxidation sites excluding steroid dienone is 10. The average Bonchev–Trinajstić information content (AvgIpc) is 3.43. The third kappa shape index (κ3) is 57.9. The number of rotatable bonds is 60. The lowest BCUT2D eigenvalue weighted by molar-refractivity contribution is -0.161. The Balaban J connectivity index is 4.71. The highest BCUT2D eigenvalue weighted by molar-refractivity contribution is 7.47. The number of unbranched alkanes of at least 4 members (excludes halogenated alkanes) is 33. The summed E-state index contributed by atoms with van der Waals surface area (Å²) in [4.78, 5) is 48.7. The van der Waals surface area contributed by atoms with E-state index in [0.717, 1.165) is 103 Å². The van der Waals surface area contributed by atoms with E-state index < -0.39 is 57.8 Å². The first-order valence-electron chi connectivity index (χ1n) is 32.2. The predicted molar refractivity (Wildman–Crippen MR) is 325 cm³/mol. The molecule has 0 saturated heterocycles. The fraction of sp³-hybridized carbons (Fsp3) is 0.803. The molecule has 0 rings (SSSR count). The number of phosphoric ester groups is 1. The van der Waals surface area contributed by atoms with Gasteiger partial charge in [0.1, 0.15) is 12.7 Å². The van der Waals surface area contributed by atoms with Crippen molar-refractivity contribution in [1.82, 2.24) is 0 Å². The summed E-state index contributed by atoms with van der Waals surface area (Å²) >= 11 is 0. The van der Waals surface area contributed by atoms with E-state index in [9.17, 15) is 28.9 Å². The Morgan fingerprint density at radius 2 is 0.667 bits per heavy atom. The van der Waals surface area contributed by atoms with Gasteiger partial charge in [-0.3, -0.25) is 23.4 Å². The van der Waals surface area contributed by atoms with Gasteiger partial charge in [-0.1, -0.05) is 261 Å². The minimum absolute atomic E-state index is 0.163. The first kappa shape index (κ1) is 75.2. The quantitative estimate of drug-likeness (QED) is 0.0197. The third-order valence-corrected chi connectivity index (χ3v) is 14.9. The van der Waals surface area contributed by atoms with Crippen molar-refractivity contribution in [1.29, 1.82) is 0 Å². The molecule has 0 aromatic carbocycles. The molecule has 454 valence electrons. The van der Waals surface area contributed by atoms with Gasteiger partial charge >= 0.3 is 25.7 Å². The molecular formula is C66H119O11P. The van der Waals surface area contributed by atoms with Gasteiger partial charge in [-0.25, -0.2) is 4.57 Å². The van der Waals surface area contributed by atoms with E-state index in [1.807, 2.05) is 0 Å². The average molecular weight is 1120 g/mol. The molecule has 0 aromatic heterocycles. The Morgan fingerprint density at radius 3 is 1.04 bits per heavy atom. The molecule has 3 atom stereocenters. The highest BCUT2D eigenvalue weighted by Gasteiger charge is 2.28. The smallest absolute Gasteiger partial charge is 0.462 e. The van der Waals surface area contributed by atoms with Crippen molar-refractivity contribution in [3.63, 3.8) is 0 Å². The third-order valence-electron chi connectivity index (χ3n) is 13.9. The number of hydrogen-bond donors (Lipinski definition) is 2. The van der Waals surface area contributed by atoms with Crippen LogP contribution >= 0.6 is 7.82 Å². The van der Waals surface area contributed by atoms with E-state index >= 15 is 0 Å². The second-order valence-corrected chi connectivity index (χ2v) is 23.0. The van der Waals surface area contributed by atoms with E-state index in [1.165, 1.54) is 141 Å². The largest absolute Gasteiger partial charge is 0.472 e. The maximum atomic E-state index is 13.0. The fourth-order valence-electron chi connectivity index (χ4n) is 9.05. The maximum Gasteiger partial charge on any atom is 0.472 e. The Morgan fingerprint density at radius 1 is 0.372 bits per heavy atom. The van der Waals surface area contributed by atoms with Crippen molar-refractivity contribution in [2.45, 2.75) is 315 Å². The van der Waals surface area contributed by atoms with Crippen LogP contribution in [0.15, 0.2) is 60.8 Å². The number of hydrogen-bond acceptors (Lipinski definition) is 10. The number of esters is 3. The molecule has 0 aromatic rings. The lowest BCUT2D eigenvalue weighted by Gasteiger charge is -2.21. The molecule has 0 fully saturated rings. The molecule has 12 heteroatoms. The van der Waals surface area contributed by atoms with Crippen molar-refractivity contribution >= 4 is 25.7 Å². The highest BCUT2D eigenvalue weighted by Crippen LogP contribution is 2.43. The van der Waals surface area contributed by atoms with Gasteiger partial charge in [-0.05, 0) is 83.5 Å². The van der Waals surface area contributed by atoms with Crippen LogP contribution in [0, 0.1) is 0 Å². The number of aliphatic hydroxyl groups excluding tert-OH is 1. The van der Waals surface area contributed by atoms with Crippen molar-refractivity contribution in [2.75, 3.05) is 26.4 Å². The van der Waals surface area contributed by atoms with Crippen LogP contribution in [0.3, 0.4) is 0 Å². The molecule has 0 amide bonds. The second-order valence-electron chi connectivity index (χ2n) is 21.6. The molecule has 0 bridgehead atoms. The molecule has 2 N–H and O–H groups in total. The molecule has 78 heavy (non-hydrogen) atoms. The summed E-state index contributed by atoms with van der Waals surface area (Å²) in [5, 5.41) is 9.84. The van der Waals surface area contributed by atoms with Crippen LogP contribution < -0.4 is 0 Å². The van der Waals surface area contributed by atoms with Gasteiger partial charge in [0.25, 0.3) is 0 Å². The van der Waals surface area contributed by atoms with E-state index in [0.29, 0.717) is 19.3 Å². The first-order valence-corrected chi connectivity index (χ1v) is 33.7. The fourth-order valence-corrected chi connectivity index (χ4v) is 9.83. The van der Waals surface area contributed by atoms with Crippen LogP contribution in [0.4, 0.5) is 0 Å². The normalized spacial score (nSPS) is 13.7. The Labute approximate surface area is 478 Å². The van der Waals surface area contributed by atoms with E-state index in [4.69, 9.17) is 23.3 Å². The molecule has 0 aliphatic rings. The van der Waals surface area contributed by atoms with Crippen LogP contribution in [-0.4, -0.2) is 66.5 Å². The number of ether oxygens (including phenoxy) is 3. The lowest BCUT2D eigenvalue weighted by Crippen LogP contribution is -2.30. The van der Waals surface area contributed by atoms with Gasteiger partial charge < -0.3 is 24.2 Å². The standard InChI is InChI=1S/C66H119O11P/c1-4-7-10-13-16-19-22-25-27-29-31-33-35-38-40-43-46-49-52-55-64(68)73-59-63(77-66(70)57-54-51-48-45-42-39-36-34-32-30-28-26-23-20-17-14-11-8-5-2)61-75-78(71,72)74-60-62(58-67)76-65(69)56-53-50-47-44-41-37-24-21-18-15-12-9-6-3/h7,10,16,19,25-28,31,33,62-63,67H,4-6,8-9,11-15,17-18,20-24,29-30,32,34-61H2,1-3H3,(H,71,72)/b10-7-,19-16-,27-25-,28-26-,33-31-. The van der Waals surface area contributed by atoms with Gasteiger partial charge in [-0.15, -0.1) is 0 Å². The lowest BCUT2D eigenvalue weighted by atomic mass is 10.0. The zero-order valence-corrected chi connectivity index (χ0v) is 51.3. The second kappa shape index (κ2) is 60.3. The van der Waals surface area contributed by atoms with E-state index in [1.54, 1.807) is 0 Å². The topological polar surface area (TPSA) is 155 Å². The Bertz CT molecular complexity index is 1540. The molecule has 0 heterocycles. The number of carbonyl (C=O) groups is 3. The van der Waals surface area contributed by atoms with Crippen LogP contribution in [0.25, 0.3) is 0 Å². The molecule has 0 spiro atoms. The highest BCUT2D eigenvalue weighted by atomic mass is 31.2. The molecule has 3 unspecified atom stereocenters. The van der Waals surface area contributed by atoms with Gasteiger partial charge in [-0.2, -0.15) is 0 Å². The molecular weight excluding hydrogens is 1000 g/mol. The summed E-state index contributed by atoms with van der Waals surface area (Å²) in [6, 6.07) is 0. The van der Waals surface area contributed by atoms with Crippen molar-refractivity contribution in [3.8, 4) is 0 Å². The van der Waals surface area contributed by atoms with Gasteiger partial charge in [0, 0.05) is 19.3 Å². The summed E-state index contributed by atoms with van der Waals surface area (Å²) < 4.78 is 39.7. The SMILES string of the molecule is CC/C=C\C/C=C\C/C=C\C/C=C\CCCCCCCCC(=O)OCC(COP(=O)(O)OCC(CO)OC(=O)CCCCCCCCCCCCCCC)OC(=O)CCCCCCCCCCC/C=C\CCCCCCCC. The Hall–Kier alpha value is -2.82. The summed E-state index contributed by atoms with van der Waals surface area (Å²) in [5.74, 6) is -1.47. The minimum Gasteiger partial charge on any atom is -0.462 e. The summed E-state index contributed by atoms with van der Waals surface area (Å²) in [7, 11) is -4.75. The monoisotopic (exact) mass is 1120 g/mol. The van der Waals surface area contributed by atoms with Gasteiger partial charge in [0.2, 0.25) is 0 Å². The number of phosphoric acid groups is 1. The molecule has 0 radical (unpaired) electrons. The van der Waals surface area contributed by atoms with Crippen molar-refractivity contribution < 1.29 is 52.2 Å². The zero-order chi connectivity index (χ0) is 56.9. The number of carbonyl (C=O) groups excluding carboxylic acids is 3. The van der Waals surface area contributed by atoms with E-state index in [2.05, 4.69) is 81.5 Å². The molecule has 0 aliphatic heterocycles. The van der Waals surface area contributed by atoms with Crippen LogP contribution in [0.2, 0.25) is 0 Å². The summed E-state index contributed by atoms with van der Waals surface area (Å²) in [6.07, 6.45) is 67.4. The van der Waals surface area contributed by atoms with Crippen molar-refractivity contribution in [2.24, 2.45) is 0 Å². The maximum absolute atomic E-state index is 13.0. The van der Waals surface area contributed by atoms with Crippen LogP contribution in [0.1, 0.15) is 303 Å². The predicted octanol–water partition coefficient (Wildman–Crippen LogP) is 19.5. The number of aliphatic hydroxyl groups is 1. The van der Waals surface area contributed by atoms with Gasteiger partial charge in [0.05, 0.1) is 19.8 Å². The molecule has 0 saturated carbocycles. The van der Waals surface area contributed by atoms with Crippen LogP contribution in [0.5, 0.6) is 0 Å². The minimum atomic E-state index is -4.75. The zero-order valence-electron chi connectivity index (χ0n) is 50.4. The molecule has 11 nitrogen and oxygen atoms in total. The summed E-state index contributed by atoms with van der Waals surface area (Å²) in [5.41, 5.74) is 0. The van der Waals surface area contributed by atoms with Gasteiger partial charge in [0.15, 0.2) is 6.10 Å². The first-order chi connectivity index (χ1) is 38.2. The molecule has 0 aliphatic carbocycles. The summed E-state index contributed by atoms with van der Waals surface area (Å²) in [6.45, 7) is 4.56. The van der Waals surface area contributed by atoms with E-state index in [-0.39, 0.29) is 25.9 Å². The Kier molecular flexibility index (Phi) is 58.1. The van der Waals surface area contributed by atoms with Crippen LogP contribution in [-0.2, 0) is 42.2 Å². The van der Waals surface area contributed by atoms with Crippen molar-refractivity contribution in [3.05, 3.63) is 60.8 Å².